The van der Waals surface area contributed by atoms with Gasteiger partial charge in [0.05, 0.1) is 17.6 Å². The number of primary amides is 1. The number of carbonyl (C=O) groups excluding carboxylic acids is 2. The summed E-state index contributed by atoms with van der Waals surface area (Å²) >= 11 is 0. The first kappa shape index (κ1) is 24.9. The van der Waals surface area contributed by atoms with Crippen molar-refractivity contribution < 1.29 is 9.59 Å². The Labute approximate surface area is 234 Å². The molecular weight excluding hydrogens is 520 g/mol. The van der Waals surface area contributed by atoms with Crippen molar-refractivity contribution in [2.24, 2.45) is 5.73 Å². The van der Waals surface area contributed by atoms with Gasteiger partial charge in [0.25, 0.3) is 11.8 Å². The monoisotopic (exact) mass is 548 g/mol. The quantitative estimate of drug-likeness (QED) is 0.300. The van der Waals surface area contributed by atoms with Gasteiger partial charge in [0.15, 0.2) is 5.65 Å². The number of aromatic nitrogens is 7. The van der Waals surface area contributed by atoms with Crippen molar-refractivity contribution in [2.45, 2.75) is 50.1 Å². The van der Waals surface area contributed by atoms with E-state index in [1.54, 1.807) is 12.4 Å². The van der Waals surface area contributed by atoms with E-state index in [9.17, 15) is 9.59 Å². The molecule has 6 heterocycles. The number of H-pyrrole nitrogens is 1. The van der Waals surface area contributed by atoms with Crippen LogP contribution in [0.1, 0.15) is 59.3 Å². The predicted molar refractivity (Wildman–Crippen MR) is 151 cm³/mol. The topological polar surface area (TPSA) is 174 Å². The van der Waals surface area contributed by atoms with Crippen LogP contribution in [-0.4, -0.2) is 63.6 Å². The van der Waals surface area contributed by atoms with Gasteiger partial charge < -0.3 is 16.4 Å². The highest BCUT2D eigenvalue weighted by Gasteiger charge is 2.51. The Bertz CT molecular complexity index is 1770. The molecule has 2 aliphatic heterocycles. The number of carbonyl (C=O) groups is 2. The van der Waals surface area contributed by atoms with Crippen molar-refractivity contribution in [3.63, 3.8) is 0 Å². The number of piperidine rings is 1. The van der Waals surface area contributed by atoms with Crippen molar-refractivity contribution in [3.8, 4) is 22.4 Å². The lowest BCUT2D eigenvalue weighted by molar-refractivity contribution is 0.0475. The normalized spacial score (nSPS) is 21.8. The predicted octanol–water partition coefficient (Wildman–Crippen LogP) is 2.98. The molecule has 2 aliphatic rings. The molecule has 0 aliphatic carbocycles. The number of rotatable bonds is 5. The van der Waals surface area contributed by atoms with Crippen molar-refractivity contribution >= 4 is 23.3 Å². The third kappa shape index (κ3) is 3.93. The second kappa shape index (κ2) is 9.22. The minimum Gasteiger partial charge on any atom is -0.383 e. The van der Waals surface area contributed by atoms with E-state index in [0.717, 1.165) is 35.2 Å². The number of anilines is 1. The number of hydrogen-bond donors (Lipinski definition) is 3. The summed E-state index contributed by atoms with van der Waals surface area (Å²) in [6, 6.07) is 13.8. The molecule has 1 unspecified atom stereocenters. The van der Waals surface area contributed by atoms with Gasteiger partial charge in [-0.2, -0.15) is 14.7 Å². The molecule has 5 aromatic rings. The van der Waals surface area contributed by atoms with Crippen molar-refractivity contribution in [3.05, 3.63) is 78.3 Å². The van der Waals surface area contributed by atoms with Gasteiger partial charge in [-0.1, -0.05) is 43.3 Å². The number of nitrogens with zero attached hydrogens (tertiary/aromatic N) is 7. The Balaban J connectivity index is 1.29. The fraction of sp³-hybridized carbons (Fsp3) is 0.276. The number of fused-ring (bicyclic) bond motifs is 3. The van der Waals surface area contributed by atoms with Gasteiger partial charge in [0.2, 0.25) is 5.82 Å². The molecular formula is C29H28N10O2. The summed E-state index contributed by atoms with van der Waals surface area (Å²) in [6.45, 7) is 2.07. The van der Waals surface area contributed by atoms with Crippen LogP contribution in [0.5, 0.6) is 0 Å². The average Bonchev–Trinajstić information content (AvgIpc) is 3.72. The molecule has 12 heteroatoms. The number of benzene rings is 1. The lowest BCUT2D eigenvalue weighted by atomic mass is 9.72. The SMILES string of the molecule is CC1(c2nc3c(-c4ccc(-c5ccccc5)nc4)cnn3c(N)c2C(N)=O)C[C@H]2CC[C@@H](C1)N2C(=O)c1ncn[nH]1. The number of hydrogen-bond acceptors (Lipinski definition) is 8. The highest BCUT2D eigenvalue weighted by molar-refractivity contribution is 5.99. The van der Waals surface area contributed by atoms with Gasteiger partial charge in [-0.3, -0.25) is 19.7 Å². The van der Waals surface area contributed by atoms with Crippen molar-refractivity contribution in [2.75, 3.05) is 5.73 Å². The van der Waals surface area contributed by atoms with Crippen LogP contribution in [0.25, 0.3) is 28.0 Å². The first-order valence-electron chi connectivity index (χ1n) is 13.5. The Kier molecular flexibility index (Phi) is 5.59. The fourth-order valence-corrected chi connectivity index (χ4v) is 6.67. The average molecular weight is 549 g/mol. The molecule has 12 nitrogen and oxygen atoms in total. The van der Waals surface area contributed by atoms with Gasteiger partial charge in [0, 0.05) is 40.4 Å². The first-order chi connectivity index (χ1) is 19.8. The molecule has 0 saturated carbocycles. The number of amides is 2. The first-order valence-corrected chi connectivity index (χ1v) is 13.5. The summed E-state index contributed by atoms with van der Waals surface area (Å²) in [7, 11) is 0. The van der Waals surface area contributed by atoms with Gasteiger partial charge in [-0.05, 0) is 31.7 Å². The molecule has 2 fully saturated rings. The number of nitrogen functional groups attached to an aromatic ring is 1. The molecule has 0 spiro atoms. The summed E-state index contributed by atoms with van der Waals surface area (Å²) < 4.78 is 1.46. The van der Waals surface area contributed by atoms with E-state index < -0.39 is 11.3 Å². The third-order valence-corrected chi connectivity index (χ3v) is 8.49. The molecule has 1 aromatic carbocycles. The molecule has 41 heavy (non-hydrogen) atoms. The van der Waals surface area contributed by atoms with Crippen LogP contribution in [0.4, 0.5) is 5.82 Å². The van der Waals surface area contributed by atoms with Crippen LogP contribution in [0.3, 0.4) is 0 Å². The minimum absolute atomic E-state index is 0.0459. The molecule has 2 saturated heterocycles. The van der Waals surface area contributed by atoms with Crippen LogP contribution in [-0.2, 0) is 5.41 Å². The lowest BCUT2D eigenvalue weighted by Crippen LogP contribution is -2.52. The standard InChI is InChI=1S/C29H28N10O2/c1-29(11-18-8-9-19(12-29)38(18)28(41)26-33-15-34-37-26)23-22(25(31)40)24(30)39-27(36-23)20(14-35-39)17-7-10-21(32-13-17)16-5-3-2-4-6-16/h2-7,10,13-15,18-19H,8-9,11-12,30H2,1H3,(H2,31,40)(H,33,34,37)/t18-,19+,29?. The number of nitrogens with one attached hydrogen (secondary N) is 1. The molecule has 7 rings (SSSR count). The zero-order valence-corrected chi connectivity index (χ0v) is 22.4. The number of aromatic amines is 1. The number of pyridine rings is 1. The Hall–Kier alpha value is -5.13. The van der Waals surface area contributed by atoms with Crippen molar-refractivity contribution in [1.29, 1.82) is 0 Å². The van der Waals surface area contributed by atoms with Gasteiger partial charge >= 0.3 is 0 Å². The maximum Gasteiger partial charge on any atom is 0.291 e. The molecule has 4 aromatic heterocycles. The second-order valence-corrected chi connectivity index (χ2v) is 11.1. The maximum absolute atomic E-state index is 13.2. The minimum atomic E-state index is -0.661. The molecule has 2 amide bonds. The largest absolute Gasteiger partial charge is 0.383 e. The summed E-state index contributed by atoms with van der Waals surface area (Å²) in [5, 5.41) is 11.0. The Morgan fingerprint density at radius 2 is 1.76 bits per heavy atom. The zero-order valence-electron chi connectivity index (χ0n) is 22.4. The molecule has 2 bridgehead atoms. The fourth-order valence-electron chi connectivity index (χ4n) is 6.67. The van der Waals surface area contributed by atoms with E-state index in [-0.39, 0.29) is 35.2 Å². The van der Waals surface area contributed by atoms with E-state index >= 15 is 0 Å². The van der Waals surface area contributed by atoms with Crippen molar-refractivity contribution in [1.82, 2.24) is 39.7 Å². The smallest absolute Gasteiger partial charge is 0.291 e. The highest BCUT2D eigenvalue weighted by Crippen LogP contribution is 2.48. The van der Waals surface area contributed by atoms with E-state index in [1.165, 1.54) is 10.8 Å². The summed E-state index contributed by atoms with van der Waals surface area (Å²) in [5.41, 5.74) is 16.6. The van der Waals surface area contributed by atoms with E-state index in [2.05, 4.69) is 32.2 Å². The van der Waals surface area contributed by atoms with Crippen LogP contribution in [0, 0.1) is 0 Å². The number of nitrogens with two attached hydrogens (primary N) is 2. The third-order valence-electron chi connectivity index (χ3n) is 8.49. The summed E-state index contributed by atoms with van der Waals surface area (Å²) in [6.07, 6.45) is 7.69. The van der Waals surface area contributed by atoms with Gasteiger partial charge in [0.1, 0.15) is 17.7 Å². The highest BCUT2D eigenvalue weighted by atomic mass is 16.2. The summed E-state index contributed by atoms with van der Waals surface area (Å²) in [5.74, 6) is -0.458. The molecule has 5 N–H and O–H groups in total. The van der Waals surface area contributed by atoms with E-state index in [1.807, 2.05) is 47.4 Å². The zero-order chi connectivity index (χ0) is 28.3. The Morgan fingerprint density at radius 3 is 2.39 bits per heavy atom. The van der Waals surface area contributed by atoms with Crippen LogP contribution in [0.15, 0.2) is 61.2 Å². The summed E-state index contributed by atoms with van der Waals surface area (Å²) in [4.78, 5) is 41.7. The molecule has 206 valence electrons. The van der Waals surface area contributed by atoms with Crippen LogP contribution >= 0.6 is 0 Å². The van der Waals surface area contributed by atoms with Crippen LogP contribution < -0.4 is 11.5 Å². The molecule has 3 atom stereocenters. The molecule has 0 radical (unpaired) electrons. The van der Waals surface area contributed by atoms with E-state index in [4.69, 9.17) is 16.5 Å². The van der Waals surface area contributed by atoms with Crippen LogP contribution in [0.2, 0.25) is 0 Å². The maximum atomic E-state index is 13.2. The lowest BCUT2D eigenvalue weighted by Gasteiger charge is -2.44. The second-order valence-electron chi connectivity index (χ2n) is 11.1. The Morgan fingerprint density at radius 1 is 1.00 bits per heavy atom. The van der Waals surface area contributed by atoms with Gasteiger partial charge in [-0.15, -0.1) is 0 Å². The van der Waals surface area contributed by atoms with Gasteiger partial charge in [-0.25, -0.2) is 9.97 Å². The van der Waals surface area contributed by atoms with E-state index in [0.29, 0.717) is 24.2 Å².